The molecule has 0 aliphatic heterocycles. The van der Waals surface area contributed by atoms with Crippen molar-refractivity contribution in [3.8, 4) is 0 Å². The molecule has 0 heterocycles. The van der Waals surface area contributed by atoms with Crippen LogP contribution in [0.4, 0.5) is 0 Å². The molecule has 0 aromatic rings. The lowest BCUT2D eigenvalue weighted by atomic mass is 9.85. The molecule has 15 heavy (non-hydrogen) atoms. The van der Waals surface area contributed by atoms with Crippen LogP contribution in [-0.2, 0) is 4.74 Å². The van der Waals surface area contributed by atoms with E-state index in [2.05, 4.69) is 40.1 Å². The fourth-order valence-electron chi connectivity index (χ4n) is 2.41. The Kier molecular flexibility index (Phi) is 8.07. The summed E-state index contributed by atoms with van der Waals surface area (Å²) in [5.41, 5.74) is 0.0403. The maximum absolute atomic E-state index is 6.02. The summed E-state index contributed by atoms with van der Waals surface area (Å²) >= 11 is 0. The van der Waals surface area contributed by atoms with E-state index in [0.29, 0.717) is 6.04 Å². The van der Waals surface area contributed by atoms with Crippen LogP contribution in [0, 0.1) is 0 Å². The molecule has 0 spiro atoms. The molecule has 0 aliphatic carbocycles. The largest absolute Gasteiger partial charge is 0.374 e. The van der Waals surface area contributed by atoms with E-state index < -0.39 is 0 Å². The van der Waals surface area contributed by atoms with Gasteiger partial charge < -0.3 is 10.1 Å². The van der Waals surface area contributed by atoms with E-state index in [4.69, 9.17) is 4.74 Å². The van der Waals surface area contributed by atoms with Crippen LogP contribution in [0.3, 0.4) is 0 Å². The lowest BCUT2D eigenvalue weighted by molar-refractivity contribution is -0.0725. The molecule has 0 aliphatic rings. The summed E-state index contributed by atoms with van der Waals surface area (Å²) in [5, 5.41) is 3.44. The zero-order valence-corrected chi connectivity index (χ0v) is 11.2. The number of rotatable bonds is 9. The Labute approximate surface area is 95.8 Å². The molecule has 0 aromatic carbocycles. The first kappa shape index (κ1) is 14.9. The first-order chi connectivity index (χ1) is 7.20. The van der Waals surface area contributed by atoms with Crippen molar-refractivity contribution >= 4 is 0 Å². The smallest absolute Gasteiger partial charge is 0.0829 e. The van der Waals surface area contributed by atoms with E-state index in [-0.39, 0.29) is 5.60 Å². The normalized spacial score (nSPS) is 14.2. The highest BCUT2D eigenvalue weighted by atomic mass is 16.5. The van der Waals surface area contributed by atoms with Gasteiger partial charge in [0.15, 0.2) is 0 Å². The highest BCUT2D eigenvalue weighted by Gasteiger charge is 2.34. The van der Waals surface area contributed by atoms with Crippen molar-refractivity contribution in [1.82, 2.24) is 5.32 Å². The Morgan fingerprint density at radius 3 is 2.07 bits per heavy atom. The van der Waals surface area contributed by atoms with Gasteiger partial charge in [-0.3, -0.25) is 0 Å². The predicted octanol–water partition coefficient (Wildman–Crippen LogP) is 3.36. The van der Waals surface area contributed by atoms with Gasteiger partial charge in [-0.05, 0) is 33.2 Å². The van der Waals surface area contributed by atoms with E-state index in [1.165, 1.54) is 19.3 Å². The molecule has 0 aromatic heterocycles. The third kappa shape index (κ3) is 4.12. The average Bonchev–Trinajstić information content (AvgIpc) is 2.28. The highest BCUT2D eigenvalue weighted by molar-refractivity contribution is 4.90. The van der Waals surface area contributed by atoms with Gasteiger partial charge in [-0.2, -0.15) is 0 Å². The second kappa shape index (κ2) is 8.12. The van der Waals surface area contributed by atoms with Crippen molar-refractivity contribution in [3.05, 3.63) is 0 Å². The van der Waals surface area contributed by atoms with Crippen LogP contribution in [0.15, 0.2) is 0 Å². The summed E-state index contributed by atoms with van der Waals surface area (Å²) in [6, 6.07) is 0.493. The van der Waals surface area contributed by atoms with Gasteiger partial charge in [-0.15, -0.1) is 0 Å². The molecule has 92 valence electrons. The zero-order valence-electron chi connectivity index (χ0n) is 11.2. The van der Waals surface area contributed by atoms with Crippen molar-refractivity contribution in [3.63, 3.8) is 0 Å². The summed E-state index contributed by atoms with van der Waals surface area (Å²) in [5.74, 6) is 0. The second-order valence-electron chi connectivity index (χ2n) is 4.19. The fourth-order valence-corrected chi connectivity index (χ4v) is 2.41. The molecular weight excluding hydrogens is 186 g/mol. The number of nitrogens with one attached hydrogen (secondary N) is 1. The molecule has 0 saturated carbocycles. The van der Waals surface area contributed by atoms with Crippen LogP contribution in [0.25, 0.3) is 0 Å². The van der Waals surface area contributed by atoms with Crippen molar-refractivity contribution in [1.29, 1.82) is 0 Å². The van der Waals surface area contributed by atoms with Crippen LogP contribution in [-0.4, -0.2) is 25.3 Å². The summed E-state index contributed by atoms with van der Waals surface area (Å²) in [7, 11) is 2.05. The van der Waals surface area contributed by atoms with Crippen LogP contribution in [0.1, 0.15) is 59.8 Å². The van der Waals surface area contributed by atoms with E-state index in [0.717, 1.165) is 19.4 Å². The summed E-state index contributed by atoms with van der Waals surface area (Å²) in [6.45, 7) is 9.61. The van der Waals surface area contributed by atoms with Gasteiger partial charge in [0, 0.05) is 12.6 Å². The summed E-state index contributed by atoms with van der Waals surface area (Å²) in [6.07, 6.45) is 5.93. The van der Waals surface area contributed by atoms with Gasteiger partial charge in [0.25, 0.3) is 0 Å². The average molecular weight is 215 g/mol. The van der Waals surface area contributed by atoms with E-state index in [9.17, 15) is 0 Å². The van der Waals surface area contributed by atoms with Crippen molar-refractivity contribution in [2.75, 3.05) is 13.7 Å². The maximum atomic E-state index is 6.02. The molecule has 2 nitrogen and oxygen atoms in total. The topological polar surface area (TPSA) is 21.3 Å². The molecule has 0 rings (SSSR count). The van der Waals surface area contributed by atoms with Gasteiger partial charge in [-0.25, -0.2) is 0 Å². The zero-order chi connectivity index (χ0) is 11.7. The Morgan fingerprint density at radius 1 is 1.13 bits per heavy atom. The molecule has 0 fully saturated rings. The molecule has 0 radical (unpaired) electrons. The monoisotopic (exact) mass is 215 g/mol. The Bertz CT molecular complexity index is 143. The molecular formula is C13H29NO. The third-order valence-corrected chi connectivity index (χ3v) is 3.46. The number of likely N-dealkylation sites (N-methyl/N-ethyl adjacent to an activating group) is 1. The molecule has 2 heteroatoms. The number of hydrogen-bond donors (Lipinski definition) is 1. The van der Waals surface area contributed by atoms with Crippen molar-refractivity contribution in [2.45, 2.75) is 71.4 Å². The van der Waals surface area contributed by atoms with Gasteiger partial charge in [0.1, 0.15) is 0 Å². The van der Waals surface area contributed by atoms with E-state index >= 15 is 0 Å². The maximum Gasteiger partial charge on any atom is 0.0829 e. The third-order valence-electron chi connectivity index (χ3n) is 3.46. The van der Waals surface area contributed by atoms with Crippen LogP contribution in [0.5, 0.6) is 0 Å². The van der Waals surface area contributed by atoms with Crippen LogP contribution < -0.4 is 5.32 Å². The fraction of sp³-hybridized carbons (Fsp3) is 1.00. The standard InChI is InChI=1S/C13H29NO/c1-6-10-11-12(14-5)13(7-2,8-3)15-9-4/h12,14H,6-11H2,1-5H3. The minimum Gasteiger partial charge on any atom is -0.374 e. The number of ether oxygens (including phenoxy) is 1. The van der Waals surface area contributed by atoms with Crippen LogP contribution in [0.2, 0.25) is 0 Å². The molecule has 1 N–H and O–H groups in total. The molecule has 1 unspecified atom stereocenters. The van der Waals surface area contributed by atoms with E-state index in [1.54, 1.807) is 0 Å². The summed E-state index contributed by atoms with van der Waals surface area (Å²) < 4.78 is 6.02. The van der Waals surface area contributed by atoms with Crippen molar-refractivity contribution in [2.24, 2.45) is 0 Å². The van der Waals surface area contributed by atoms with E-state index in [1.807, 2.05) is 0 Å². The lowest BCUT2D eigenvalue weighted by Gasteiger charge is -2.39. The molecule has 0 bridgehead atoms. The lowest BCUT2D eigenvalue weighted by Crippen LogP contribution is -2.50. The molecule has 1 atom stereocenters. The first-order valence-corrected chi connectivity index (χ1v) is 6.51. The van der Waals surface area contributed by atoms with Crippen molar-refractivity contribution < 1.29 is 4.74 Å². The summed E-state index contributed by atoms with van der Waals surface area (Å²) in [4.78, 5) is 0. The molecule has 0 saturated heterocycles. The minimum atomic E-state index is 0.0403. The van der Waals surface area contributed by atoms with Crippen LogP contribution >= 0.6 is 0 Å². The van der Waals surface area contributed by atoms with Gasteiger partial charge in [0.2, 0.25) is 0 Å². The number of unbranched alkanes of at least 4 members (excludes halogenated alkanes) is 1. The van der Waals surface area contributed by atoms with Gasteiger partial charge >= 0.3 is 0 Å². The first-order valence-electron chi connectivity index (χ1n) is 6.51. The highest BCUT2D eigenvalue weighted by Crippen LogP contribution is 2.27. The Balaban J connectivity index is 4.51. The quantitative estimate of drug-likeness (QED) is 0.637. The minimum absolute atomic E-state index is 0.0403. The number of hydrogen-bond acceptors (Lipinski definition) is 2. The Morgan fingerprint density at radius 2 is 1.73 bits per heavy atom. The molecule has 0 amide bonds. The SMILES string of the molecule is CCCCC(NC)C(CC)(CC)OCC. The second-order valence-corrected chi connectivity index (χ2v) is 4.19. The van der Waals surface area contributed by atoms with Gasteiger partial charge in [-0.1, -0.05) is 33.6 Å². The Hall–Kier alpha value is -0.0800. The predicted molar refractivity (Wildman–Crippen MR) is 67.3 cm³/mol. The van der Waals surface area contributed by atoms with Gasteiger partial charge in [0.05, 0.1) is 5.60 Å².